The van der Waals surface area contributed by atoms with Crippen molar-refractivity contribution in [1.29, 1.82) is 0 Å². The zero-order chi connectivity index (χ0) is 25.1. The molecule has 0 saturated heterocycles. The lowest BCUT2D eigenvalue weighted by Gasteiger charge is -2.20. The SMILES string of the molecule is CCCCOc1ccc(CCC(NS(=O)(=O)c2ccc(Cl)cc2)c2ccc(CCCC)cc2)cc1. The molecule has 1 N–H and O–H groups in total. The minimum atomic E-state index is -3.70. The molecular weight excluding hydrogens is 478 g/mol. The van der Waals surface area contributed by atoms with E-state index < -0.39 is 10.0 Å². The molecule has 0 heterocycles. The summed E-state index contributed by atoms with van der Waals surface area (Å²) in [4.78, 5) is 0.208. The Labute approximate surface area is 215 Å². The number of halogens is 1. The van der Waals surface area contributed by atoms with Crippen LogP contribution < -0.4 is 9.46 Å². The third-order valence-electron chi connectivity index (χ3n) is 6.03. The Morgan fingerprint density at radius 1 is 0.800 bits per heavy atom. The molecule has 3 aromatic carbocycles. The summed E-state index contributed by atoms with van der Waals surface area (Å²) in [6, 6.07) is 22.3. The summed E-state index contributed by atoms with van der Waals surface area (Å²) in [5, 5.41) is 0.505. The maximum absolute atomic E-state index is 13.1. The summed E-state index contributed by atoms with van der Waals surface area (Å²) in [7, 11) is -3.70. The van der Waals surface area contributed by atoms with Crippen molar-refractivity contribution in [3.05, 3.63) is 94.5 Å². The molecule has 0 spiro atoms. The lowest BCUT2D eigenvalue weighted by atomic mass is 9.98. The van der Waals surface area contributed by atoms with Crippen LogP contribution in [-0.4, -0.2) is 15.0 Å². The smallest absolute Gasteiger partial charge is 0.241 e. The highest BCUT2D eigenvalue weighted by Crippen LogP contribution is 2.25. The van der Waals surface area contributed by atoms with E-state index in [2.05, 4.69) is 42.8 Å². The fraction of sp³-hybridized carbons (Fsp3) is 0.379. The van der Waals surface area contributed by atoms with E-state index in [1.165, 1.54) is 17.7 Å². The molecule has 1 atom stereocenters. The molecular formula is C29H36ClNO3S. The van der Waals surface area contributed by atoms with Crippen LogP contribution in [0, 0.1) is 0 Å². The minimum absolute atomic E-state index is 0.208. The van der Waals surface area contributed by atoms with Gasteiger partial charge in [-0.2, -0.15) is 0 Å². The average molecular weight is 514 g/mol. The van der Waals surface area contributed by atoms with Gasteiger partial charge in [0.1, 0.15) is 5.75 Å². The van der Waals surface area contributed by atoms with E-state index in [-0.39, 0.29) is 10.9 Å². The number of aryl methyl sites for hydroxylation is 2. The Hall–Kier alpha value is -2.34. The molecule has 0 aliphatic heterocycles. The van der Waals surface area contributed by atoms with E-state index in [1.807, 2.05) is 24.3 Å². The Bertz CT molecular complexity index is 1130. The molecule has 0 bridgehead atoms. The van der Waals surface area contributed by atoms with Crippen LogP contribution in [0.3, 0.4) is 0 Å². The van der Waals surface area contributed by atoms with Crippen LogP contribution in [0.2, 0.25) is 5.02 Å². The Kier molecular flexibility index (Phi) is 10.6. The van der Waals surface area contributed by atoms with Crippen LogP contribution >= 0.6 is 11.6 Å². The van der Waals surface area contributed by atoms with Crippen molar-refractivity contribution in [2.45, 2.75) is 69.7 Å². The van der Waals surface area contributed by atoms with E-state index in [1.54, 1.807) is 12.1 Å². The molecule has 4 nitrogen and oxygen atoms in total. The highest BCUT2D eigenvalue weighted by Gasteiger charge is 2.21. The number of hydrogen-bond acceptors (Lipinski definition) is 3. The molecule has 35 heavy (non-hydrogen) atoms. The fourth-order valence-corrected chi connectivity index (χ4v) is 5.24. The molecule has 0 aliphatic carbocycles. The fourth-order valence-electron chi connectivity index (χ4n) is 3.86. The predicted molar refractivity (Wildman–Crippen MR) is 145 cm³/mol. The van der Waals surface area contributed by atoms with Crippen molar-refractivity contribution in [2.75, 3.05) is 6.61 Å². The van der Waals surface area contributed by atoms with E-state index in [0.29, 0.717) is 11.4 Å². The summed E-state index contributed by atoms with van der Waals surface area (Å²) in [5.74, 6) is 0.866. The Morgan fingerprint density at radius 2 is 1.40 bits per heavy atom. The minimum Gasteiger partial charge on any atom is -0.494 e. The molecule has 3 aromatic rings. The lowest BCUT2D eigenvalue weighted by molar-refractivity contribution is 0.309. The number of unbranched alkanes of at least 4 members (excludes halogenated alkanes) is 2. The van der Waals surface area contributed by atoms with E-state index in [9.17, 15) is 8.42 Å². The van der Waals surface area contributed by atoms with Crippen molar-refractivity contribution in [3.8, 4) is 5.75 Å². The Morgan fingerprint density at radius 3 is 2.03 bits per heavy atom. The van der Waals surface area contributed by atoms with E-state index >= 15 is 0 Å². The normalized spacial score (nSPS) is 12.4. The van der Waals surface area contributed by atoms with Gasteiger partial charge in [0.25, 0.3) is 0 Å². The summed E-state index contributed by atoms with van der Waals surface area (Å²) in [6.45, 7) is 5.04. The maximum Gasteiger partial charge on any atom is 0.241 e. The number of nitrogens with one attached hydrogen (secondary N) is 1. The number of sulfonamides is 1. The standard InChI is InChI=1S/C29H36ClNO3S/c1-3-5-7-23-8-13-25(14-9-23)29(31-35(32,33)28-19-15-26(30)16-20-28)21-12-24-10-17-27(18-11-24)34-22-6-4-2/h8-11,13-20,29,31H,3-7,12,21-22H2,1-2H3. The molecule has 6 heteroatoms. The first-order valence-electron chi connectivity index (χ1n) is 12.5. The predicted octanol–water partition coefficient (Wildman–Crippen LogP) is 7.51. The molecule has 1 unspecified atom stereocenters. The number of ether oxygens (including phenoxy) is 1. The molecule has 188 valence electrons. The maximum atomic E-state index is 13.1. The van der Waals surface area contributed by atoms with Gasteiger partial charge in [0, 0.05) is 11.1 Å². The van der Waals surface area contributed by atoms with Gasteiger partial charge in [-0.15, -0.1) is 0 Å². The zero-order valence-electron chi connectivity index (χ0n) is 20.7. The first-order valence-corrected chi connectivity index (χ1v) is 14.4. The van der Waals surface area contributed by atoms with Crippen LogP contribution in [0.15, 0.2) is 77.7 Å². The summed E-state index contributed by atoms with van der Waals surface area (Å²) in [6.07, 6.45) is 6.83. The van der Waals surface area contributed by atoms with E-state index in [0.717, 1.165) is 62.0 Å². The van der Waals surface area contributed by atoms with Crippen LogP contribution in [0.5, 0.6) is 5.75 Å². The van der Waals surface area contributed by atoms with Gasteiger partial charge in [-0.05, 0) is 85.2 Å². The number of rotatable bonds is 14. The van der Waals surface area contributed by atoms with Crippen molar-refractivity contribution >= 4 is 21.6 Å². The van der Waals surface area contributed by atoms with Gasteiger partial charge in [0.2, 0.25) is 10.0 Å². The van der Waals surface area contributed by atoms with Gasteiger partial charge < -0.3 is 4.74 Å². The van der Waals surface area contributed by atoms with Gasteiger partial charge >= 0.3 is 0 Å². The largest absolute Gasteiger partial charge is 0.494 e. The van der Waals surface area contributed by atoms with Gasteiger partial charge in [-0.3, -0.25) is 0 Å². The summed E-state index contributed by atoms with van der Waals surface area (Å²) >= 11 is 5.95. The zero-order valence-corrected chi connectivity index (χ0v) is 22.2. The van der Waals surface area contributed by atoms with Crippen LogP contribution in [0.4, 0.5) is 0 Å². The number of benzene rings is 3. The molecule has 0 radical (unpaired) electrons. The second-order valence-electron chi connectivity index (χ2n) is 8.86. The molecule has 0 aromatic heterocycles. The lowest BCUT2D eigenvalue weighted by Crippen LogP contribution is -2.29. The third kappa shape index (κ3) is 8.68. The van der Waals surface area contributed by atoms with Crippen molar-refractivity contribution < 1.29 is 13.2 Å². The van der Waals surface area contributed by atoms with Crippen LogP contribution in [0.1, 0.15) is 68.7 Å². The van der Waals surface area contributed by atoms with Gasteiger partial charge in [-0.25, -0.2) is 13.1 Å². The summed E-state index contributed by atoms with van der Waals surface area (Å²) in [5.41, 5.74) is 3.37. The van der Waals surface area contributed by atoms with Gasteiger partial charge in [-0.1, -0.05) is 74.7 Å². The average Bonchev–Trinajstić information content (AvgIpc) is 2.87. The molecule has 0 aliphatic rings. The van der Waals surface area contributed by atoms with Crippen molar-refractivity contribution in [1.82, 2.24) is 4.72 Å². The third-order valence-corrected chi connectivity index (χ3v) is 7.77. The van der Waals surface area contributed by atoms with Gasteiger partial charge in [0.15, 0.2) is 0 Å². The quantitative estimate of drug-likeness (QED) is 0.227. The van der Waals surface area contributed by atoms with Gasteiger partial charge in [0.05, 0.1) is 11.5 Å². The topological polar surface area (TPSA) is 55.4 Å². The second kappa shape index (κ2) is 13.7. The summed E-state index contributed by atoms with van der Waals surface area (Å²) < 4.78 is 35.0. The highest BCUT2D eigenvalue weighted by atomic mass is 35.5. The first kappa shape index (κ1) is 27.3. The van der Waals surface area contributed by atoms with Crippen molar-refractivity contribution in [2.24, 2.45) is 0 Å². The second-order valence-corrected chi connectivity index (χ2v) is 11.0. The monoisotopic (exact) mass is 513 g/mol. The molecule has 0 saturated carbocycles. The molecule has 0 amide bonds. The Balaban J connectivity index is 1.75. The number of hydrogen-bond donors (Lipinski definition) is 1. The van der Waals surface area contributed by atoms with E-state index in [4.69, 9.17) is 16.3 Å². The molecule has 3 rings (SSSR count). The first-order chi connectivity index (χ1) is 16.9. The molecule has 0 fully saturated rings. The van der Waals surface area contributed by atoms with Crippen LogP contribution in [-0.2, 0) is 22.9 Å². The van der Waals surface area contributed by atoms with Crippen LogP contribution in [0.25, 0.3) is 0 Å². The highest BCUT2D eigenvalue weighted by molar-refractivity contribution is 7.89. The van der Waals surface area contributed by atoms with Crippen molar-refractivity contribution in [3.63, 3.8) is 0 Å².